The fraction of sp³-hybridized carbons (Fsp3) is 0. The number of benzene rings is 1. The Morgan fingerprint density at radius 1 is 1.17 bits per heavy atom. The number of hydrogen-bond donors (Lipinski definition) is 2. The normalized spacial score (nSPS) is 10.9. The molecule has 3 rings (SSSR count). The summed E-state index contributed by atoms with van der Waals surface area (Å²) in [5.41, 5.74) is 0.356. The number of aromatic amines is 2. The molecule has 0 aliphatic heterocycles. The quantitative estimate of drug-likeness (QED) is 0.697. The first-order valence-electron chi connectivity index (χ1n) is 5.23. The predicted molar refractivity (Wildman–Crippen MR) is 67.2 cm³/mol. The van der Waals surface area contributed by atoms with Gasteiger partial charge in [0.1, 0.15) is 11.5 Å². The summed E-state index contributed by atoms with van der Waals surface area (Å²) in [7, 11) is 0. The second-order valence-corrected chi connectivity index (χ2v) is 4.73. The summed E-state index contributed by atoms with van der Waals surface area (Å²) in [6.45, 7) is 0. The predicted octanol–water partition coefficient (Wildman–Crippen LogP) is 2.54. The van der Waals surface area contributed by atoms with Crippen LogP contribution in [-0.2, 0) is 0 Å². The first-order valence-corrected chi connectivity index (χ1v) is 6.05. The Hall–Kier alpha value is -2.08. The zero-order valence-electron chi connectivity index (χ0n) is 9.11. The van der Waals surface area contributed by atoms with Gasteiger partial charge in [0, 0.05) is 11.1 Å². The summed E-state index contributed by atoms with van der Waals surface area (Å²) in [5, 5.41) is 1.00. The molecule has 0 saturated carbocycles. The number of nitrogens with one attached hydrogen (secondary N) is 2. The van der Waals surface area contributed by atoms with Crippen LogP contribution >= 0.6 is 11.8 Å². The van der Waals surface area contributed by atoms with E-state index in [0.717, 1.165) is 4.90 Å². The SMILES string of the molecule is O=c1[nH]c(Sc2ccc(F)cc2)nc2[nH]ccc12. The lowest BCUT2D eigenvalue weighted by Crippen LogP contribution is -2.07. The maximum Gasteiger partial charge on any atom is 0.261 e. The summed E-state index contributed by atoms with van der Waals surface area (Å²) < 4.78 is 12.8. The van der Waals surface area contributed by atoms with Crippen molar-refractivity contribution in [2.75, 3.05) is 0 Å². The van der Waals surface area contributed by atoms with E-state index in [1.165, 1.54) is 23.9 Å². The average molecular weight is 261 g/mol. The largest absolute Gasteiger partial charge is 0.346 e. The first-order chi connectivity index (χ1) is 8.72. The van der Waals surface area contributed by atoms with Gasteiger partial charge in [-0.05, 0) is 30.3 Å². The molecule has 0 unspecified atom stereocenters. The molecule has 0 spiro atoms. The fourth-order valence-corrected chi connectivity index (χ4v) is 2.37. The van der Waals surface area contributed by atoms with Gasteiger partial charge in [0.15, 0.2) is 5.16 Å². The van der Waals surface area contributed by atoms with Crippen molar-refractivity contribution in [2.24, 2.45) is 0 Å². The van der Waals surface area contributed by atoms with E-state index in [2.05, 4.69) is 15.0 Å². The number of H-pyrrole nitrogens is 2. The highest BCUT2D eigenvalue weighted by molar-refractivity contribution is 7.99. The molecule has 0 saturated heterocycles. The summed E-state index contributed by atoms with van der Waals surface area (Å²) in [5.74, 6) is -0.291. The molecule has 0 fully saturated rings. The van der Waals surface area contributed by atoms with Crippen molar-refractivity contribution in [3.8, 4) is 0 Å². The van der Waals surface area contributed by atoms with Crippen LogP contribution in [0.2, 0.25) is 0 Å². The minimum atomic E-state index is -0.291. The van der Waals surface area contributed by atoms with Gasteiger partial charge in [-0.3, -0.25) is 4.79 Å². The highest BCUT2D eigenvalue weighted by atomic mass is 32.2. The van der Waals surface area contributed by atoms with Crippen molar-refractivity contribution in [3.63, 3.8) is 0 Å². The Kier molecular flexibility index (Phi) is 2.64. The molecular formula is C12H8FN3OS. The third-order valence-corrected chi connectivity index (χ3v) is 3.33. The number of nitrogens with zero attached hydrogens (tertiary/aromatic N) is 1. The molecule has 0 bridgehead atoms. The van der Waals surface area contributed by atoms with Crippen LogP contribution < -0.4 is 5.56 Å². The molecule has 6 heteroatoms. The molecule has 1 aromatic carbocycles. The van der Waals surface area contributed by atoms with Crippen LogP contribution in [0.4, 0.5) is 4.39 Å². The van der Waals surface area contributed by atoms with Crippen LogP contribution in [0.15, 0.2) is 51.4 Å². The maximum absolute atomic E-state index is 12.8. The highest BCUT2D eigenvalue weighted by Gasteiger charge is 2.06. The lowest BCUT2D eigenvalue weighted by atomic mass is 10.4. The zero-order chi connectivity index (χ0) is 12.5. The van der Waals surface area contributed by atoms with Crippen molar-refractivity contribution >= 4 is 22.8 Å². The smallest absolute Gasteiger partial charge is 0.261 e. The third-order valence-electron chi connectivity index (χ3n) is 2.43. The molecule has 0 radical (unpaired) electrons. The van der Waals surface area contributed by atoms with Gasteiger partial charge in [0.25, 0.3) is 5.56 Å². The Bertz CT molecular complexity index is 748. The number of rotatable bonds is 2. The van der Waals surface area contributed by atoms with Crippen LogP contribution in [0.25, 0.3) is 11.0 Å². The van der Waals surface area contributed by atoms with Gasteiger partial charge in [-0.15, -0.1) is 0 Å². The number of halogens is 1. The van der Waals surface area contributed by atoms with Crippen LogP contribution in [-0.4, -0.2) is 15.0 Å². The number of hydrogen-bond acceptors (Lipinski definition) is 3. The summed E-state index contributed by atoms with van der Waals surface area (Å²) in [4.78, 5) is 22.4. The van der Waals surface area contributed by atoms with E-state index in [-0.39, 0.29) is 11.4 Å². The van der Waals surface area contributed by atoms with Gasteiger partial charge in [0.2, 0.25) is 0 Å². The van der Waals surface area contributed by atoms with Crippen LogP contribution in [0.3, 0.4) is 0 Å². The summed E-state index contributed by atoms with van der Waals surface area (Å²) in [6.07, 6.45) is 1.67. The van der Waals surface area contributed by atoms with Gasteiger partial charge >= 0.3 is 0 Å². The van der Waals surface area contributed by atoms with Crippen molar-refractivity contribution in [1.82, 2.24) is 15.0 Å². The maximum atomic E-state index is 12.8. The molecule has 0 amide bonds. The Morgan fingerprint density at radius 2 is 1.94 bits per heavy atom. The van der Waals surface area contributed by atoms with Gasteiger partial charge in [0.05, 0.1) is 5.39 Å². The molecule has 3 aromatic rings. The standard InChI is InChI=1S/C12H8FN3OS/c13-7-1-3-8(4-2-7)18-12-15-10-9(5-6-14-10)11(17)16-12/h1-6H,(H2,14,15,16,17). The molecule has 2 aromatic heterocycles. The minimum absolute atomic E-state index is 0.189. The molecule has 90 valence electrons. The molecule has 4 nitrogen and oxygen atoms in total. The van der Waals surface area contributed by atoms with Crippen molar-refractivity contribution in [3.05, 3.63) is 52.7 Å². The first kappa shape index (κ1) is 11.0. The Morgan fingerprint density at radius 3 is 2.72 bits per heavy atom. The fourth-order valence-electron chi connectivity index (χ4n) is 1.59. The molecule has 18 heavy (non-hydrogen) atoms. The van der Waals surface area contributed by atoms with E-state index in [0.29, 0.717) is 16.2 Å². The van der Waals surface area contributed by atoms with E-state index in [1.807, 2.05) is 0 Å². The van der Waals surface area contributed by atoms with E-state index in [9.17, 15) is 9.18 Å². The second-order valence-electron chi connectivity index (χ2n) is 3.67. The second kappa shape index (κ2) is 4.30. The molecule has 0 aliphatic rings. The van der Waals surface area contributed by atoms with Crippen molar-refractivity contribution < 1.29 is 4.39 Å². The van der Waals surface area contributed by atoms with E-state index in [1.54, 1.807) is 24.4 Å². The summed E-state index contributed by atoms with van der Waals surface area (Å²) in [6, 6.07) is 7.69. The number of aromatic nitrogens is 3. The molecule has 2 N–H and O–H groups in total. The third kappa shape index (κ3) is 2.02. The molecular weight excluding hydrogens is 253 g/mol. The molecule has 0 aliphatic carbocycles. The van der Waals surface area contributed by atoms with E-state index < -0.39 is 0 Å². The highest BCUT2D eigenvalue weighted by Crippen LogP contribution is 2.24. The molecule has 2 heterocycles. The van der Waals surface area contributed by atoms with Gasteiger partial charge in [-0.2, -0.15) is 0 Å². The van der Waals surface area contributed by atoms with Crippen LogP contribution in [0.1, 0.15) is 0 Å². The van der Waals surface area contributed by atoms with Crippen LogP contribution in [0, 0.1) is 5.82 Å². The lowest BCUT2D eigenvalue weighted by Gasteiger charge is -2.00. The summed E-state index contributed by atoms with van der Waals surface area (Å²) >= 11 is 1.28. The van der Waals surface area contributed by atoms with Gasteiger partial charge in [-0.25, -0.2) is 9.37 Å². The lowest BCUT2D eigenvalue weighted by molar-refractivity contribution is 0.626. The topological polar surface area (TPSA) is 61.5 Å². The van der Waals surface area contributed by atoms with Gasteiger partial charge < -0.3 is 9.97 Å². The van der Waals surface area contributed by atoms with Crippen molar-refractivity contribution in [1.29, 1.82) is 0 Å². The van der Waals surface area contributed by atoms with E-state index >= 15 is 0 Å². The van der Waals surface area contributed by atoms with Crippen LogP contribution in [0.5, 0.6) is 0 Å². The van der Waals surface area contributed by atoms with Gasteiger partial charge in [-0.1, -0.05) is 11.8 Å². The Labute approximate surface area is 105 Å². The number of fused-ring (bicyclic) bond motifs is 1. The Balaban J connectivity index is 1.99. The average Bonchev–Trinajstić information content (AvgIpc) is 2.81. The van der Waals surface area contributed by atoms with E-state index in [4.69, 9.17) is 0 Å². The van der Waals surface area contributed by atoms with Crippen molar-refractivity contribution in [2.45, 2.75) is 10.1 Å². The minimum Gasteiger partial charge on any atom is -0.346 e. The zero-order valence-corrected chi connectivity index (χ0v) is 9.92. The monoisotopic (exact) mass is 261 g/mol. The molecule has 0 atom stereocenters.